The third kappa shape index (κ3) is 3.68. The Morgan fingerprint density at radius 3 is 2.73 bits per heavy atom. The maximum atomic E-state index is 12.8. The molecule has 0 bridgehead atoms. The van der Waals surface area contributed by atoms with Gasteiger partial charge < -0.3 is 14.8 Å². The summed E-state index contributed by atoms with van der Waals surface area (Å²) in [4.78, 5) is 35.8. The van der Waals surface area contributed by atoms with Gasteiger partial charge in [0.1, 0.15) is 5.82 Å². The topological polar surface area (TPSA) is 88.8 Å². The summed E-state index contributed by atoms with van der Waals surface area (Å²) in [5.74, 6) is 0.691. The maximum absolute atomic E-state index is 12.8. The van der Waals surface area contributed by atoms with Crippen LogP contribution < -0.4 is 21.3 Å². The number of benzene rings is 1. The van der Waals surface area contributed by atoms with Crippen molar-refractivity contribution in [2.75, 3.05) is 24.5 Å². The third-order valence-electron chi connectivity index (χ3n) is 4.41. The number of nitrogens with one attached hydrogen (secondary N) is 1. The molecule has 2 aromatic rings. The number of hydrogen-bond acceptors (Lipinski definition) is 6. The molecule has 1 aliphatic rings. The van der Waals surface area contributed by atoms with Crippen LogP contribution in [0.2, 0.25) is 0 Å². The van der Waals surface area contributed by atoms with Gasteiger partial charge in [-0.05, 0) is 43.5 Å². The molecule has 0 saturated carbocycles. The summed E-state index contributed by atoms with van der Waals surface area (Å²) in [5, 5.41) is 7.06. The lowest BCUT2D eigenvalue weighted by molar-refractivity contribution is 0.145. The van der Waals surface area contributed by atoms with E-state index in [9.17, 15) is 9.59 Å². The molecule has 0 atom stereocenters. The SMILES string of the molecule is CCNC(=O)ON=c1nc(N2CCCCC2)c2ccccc2n(C)c1=O. The van der Waals surface area contributed by atoms with Gasteiger partial charge in [-0.15, -0.1) is 0 Å². The average molecular weight is 357 g/mol. The molecule has 0 radical (unpaired) electrons. The quantitative estimate of drug-likeness (QED) is 0.664. The Labute approximate surface area is 151 Å². The third-order valence-corrected chi connectivity index (χ3v) is 4.41. The first-order chi connectivity index (χ1) is 12.6. The number of carbonyl (C=O) groups excluding carboxylic acids is 1. The van der Waals surface area contributed by atoms with E-state index >= 15 is 0 Å². The zero-order valence-electron chi connectivity index (χ0n) is 15.1. The summed E-state index contributed by atoms with van der Waals surface area (Å²) in [6.07, 6.45) is 2.62. The van der Waals surface area contributed by atoms with Crippen LogP contribution in [0.1, 0.15) is 26.2 Å². The van der Waals surface area contributed by atoms with Gasteiger partial charge >= 0.3 is 6.09 Å². The van der Waals surface area contributed by atoms with Gasteiger partial charge in [0.15, 0.2) is 0 Å². The Hall–Kier alpha value is -2.90. The minimum absolute atomic E-state index is 0.143. The van der Waals surface area contributed by atoms with Crippen molar-refractivity contribution in [3.05, 3.63) is 40.1 Å². The molecule has 1 aromatic heterocycles. The minimum atomic E-state index is -0.716. The predicted octanol–water partition coefficient (Wildman–Crippen LogP) is 1.49. The highest BCUT2D eigenvalue weighted by Crippen LogP contribution is 2.24. The number of carbonyl (C=O) groups is 1. The number of nitrogens with zero attached hydrogens (tertiary/aromatic N) is 4. The molecule has 8 heteroatoms. The first-order valence-corrected chi connectivity index (χ1v) is 8.85. The molecule has 138 valence electrons. The van der Waals surface area contributed by atoms with E-state index in [1.807, 2.05) is 24.3 Å². The monoisotopic (exact) mass is 357 g/mol. The van der Waals surface area contributed by atoms with Crippen LogP contribution in [0.15, 0.2) is 34.2 Å². The molecule has 8 nitrogen and oxygen atoms in total. The second-order valence-electron chi connectivity index (χ2n) is 6.19. The fourth-order valence-corrected chi connectivity index (χ4v) is 3.09. The van der Waals surface area contributed by atoms with Crippen LogP contribution in [0, 0.1) is 0 Å². The number of amides is 1. The first kappa shape index (κ1) is 17.9. The lowest BCUT2D eigenvalue weighted by atomic mass is 10.1. The van der Waals surface area contributed by atoms with Crippen molar-refractivity contribution in [2.24, 2.45) is 12.2 Å². The summed E-state index contributed by atoms with van der Waals surface area (Å²) < 4.78 is 1.48. The van der Waals surface area contributed by atoms with Gasteiger partial charge in [0, 0.05) is 32.1 Å². The van der Waals surface area contributed by atoms with E-state index in [1.54, 1.807) is 14.0 Å². The zero-order valence-corrected chi connectivity index (χ0v) is 15.1. The van der Waals surface area contributed by atoms with Gasteiger partial charge in [-0.2, -0.15) is 0 Å². The second-order valence-corrected chi connectivity index (χ2v) is 6.19. The van der Waals surface area contributed by atoms with Gasteiger partial charge in [0.2, 0.25) is 0 Å². The fraction of sp³-hybridized carbons (Fsp3) is 0.444. The highest BCUT2D eigenvalue weighted by atomic mass is 16.7. The summed E-state index contributed by atoms with van der Waals surface area (Å²) in [7, 11) is 1.66. The van der Waals surface area contributed by atoms with Crippen LogP contribution in [0.25, 0.3) is 10.9 Å². The summed E-state index contributed by atoms with van der Waals surface area (Å²) in [6, 6.07) is 7.62. The molecule has 0 spiro atoms. The molecule has 3 rings (SSSR count). The van der Waals surface area contributed by atoms with Gasteiger partial charge in [-0.3, -0.25) is 9.63 Å². The van der Waals surface area contributed by atoms with Crippen molar-refractivity contribution < 1.29 is 9.63 Å². The van der Waals surface area contributed by atoms with Gasteiger partial charge in [0.05, 0.1) is 5.52 Å². The van der Waals surface area contributed by atoms with Crippen LogP contribution in [0.3, 0.4) is 0 Å². The van der Waals surface area contributed by atoms with E-state index in [-0.39, 0.29) is 5.49 Å². The molecule has 0 unspecified atom stereocenters. The molecular weight excluding hydrogens is 334 g/mol. The summed E-state index contributed by atoms with van der Waals surface area (Å²) >= 11 is 0. The molecule has 1 aliphatic heterocycles. The zero-order chi connectivity index (χ0) is 18.5. The number of aromatic nitrogens is 2. The molecule has 1 aromatic carbocycles. The van der Waals surface area contributed by atoms with Crippen LogP contribution in [-0.2, 0) is 11.9 Å². The highest BCUT2D eigenvalue weighted by molar-refractivity contribution is 5.89. The number of anilines is 1. The number of rotatable bonds is 3. The maximum Gasteiger partial charge on any atom is 0.433 e. The van der Waals surface area contributed by atoms with Gasteiger partial charge in [-0.1, -0.05) is 12.1 Å². The Kier molecular flexibility index (Phi) is 5.50. The second kappa shape index (κ2) is 7.99. The lowest BCUT2D eigenvalue weighted by Crippen LogP contribution is -2.36. The van der Waals surface area contributed by atoms with E-state index in [0.717, 1.165) is 36.8 Å². The van der Waals surface area contributed by atoms with Gasteiger partial charge in [-0.25, -0.2) is 9.78 Å². The minimum Gasteiger partial charge on any atom is -0.356 e. The molecule has 1 amide bonds. The highest BCUT2D eigenvalue weighted by Gasteiger charge is 2.16. The van der Waals surface area contributed by atoms with Crippen LogP contribution >= 0.6 is 0 Å². The molecule has 1 N–H and O–H groups in total. The predicted molar refractivity (Wildman–Crippen MR) is 98.8 cm³/mol. The van der Waals surface area contributed by atoms with Crippen molar-refractivity contribution in [1.29, 1.82) is 0 Å². The van der Waals surface area contributed by atoms with Crippen LogP contribution in [0.4, 0.5) is 10.6 Å². The van der Waals surface area contributed by atoms with Crippen molar-refractivity contribution >= 4 is 22.8 Å². The number of para-hydroxylation sites is 1. The van der Waals surface area contributed by atoms with E-state index in [1.165, 1.54) is 11.0 Å². The Morgan fingerprint density at radius 2 is 2.00 bits per heavy atom. The van der Waals surface area contributed by atoms with Gasteiger partial charge in [0.25, 0.3) is 11.0 Å². The largest absolute Gasteiger partial charge is 0.433 e. The number of fused-ring (bicyclic) bond motifs is 1. The van der Waals surface area contributed by atoms with E-state index < -0.39 is 11.7 Å². The van der Waals surface area contributed by atoms with Crippen LogP contribution in [0.5, 0.6) is 0 Å². The Balaban J connectivity index is 2.22. The lowest BCUT2D eigenvalue weighted by Gasteiger charge is -2.27. The Morgan fingerprint density at radius 1 is 1.27 bits per heavy atom. The molecule has 2 heterocycles. The summed E-state index contributed by atoms with van der Waals surface area (Å²) in [5.41, 5.74) is 0.189. The molecule has 26 heavy (non-hydrogen) atoms. The standard InChI is InChI=1S/C18H23N5O3/c1-3-19-18(25)26-21-15-17(24)22(2)14-10-6-5-9-13(14)16(20-15)23-11-7-4-8-12-23/h5-6,9-10H,3-4,7-8,11-12H2,1-2H3,(H,19,25). The average Bonchev–Trinajstić information content (AvgIpc) is 2.77. The van der Waals surface area contributed by atoms with E-state index in [0.29, 0.717) is 12.4 Å². The van der Waals surface area contributed by atoms with E-state index in [2.05, 4.69) is 20.4 Å². The van der Waals surface area contributed by atoms with Crippen LogP contribution in [-0.4, -0.2) is 35.3 Å². The smallest absolute Gasteiger partial charge is 0.356 e. The Bertz CT molecular complexity index is 932. The van der Waals surface area contributed by atoms with E-state index in [4.69, 9.17) is 4.84 Å². The van der Waals surface area contributed by atoms with Crippen molar-refractivity contribution in [3.8, 4) is 0 Å². The van der Waals surface area contributed by atoms with Crippen molar-refractivity contribution in [3.63, 3.8) is 0 Å². The normalized spacial score (nSPS) is 15.2. The van der Waals surface area contributed by atoms with Crippen molar-refractivity contribution in [2.45, 2.75) is 26.2 Å². The number of hydrogen-bond donors (Lipinski definition) is 1. The fourth-order valence-electron chi connectivity index (χ4n) is 3.09. The molecule has 1 saturated heterocycles. The number of piperidine rings is 1. The molecular formula is C18H23N5O3. The molecule has 1 fully saturated rings. The first-order valence-electron chi connectivity index (χ1n) is 8.85. The number of aryl methyl sites for hydroxylation is 1. The summed E-state index contributed by atoms with van der Waals surface area (Å²) in [6.45, 7) is 3.92. The van der Waals surface area contributed by atoms with Crippen molar-refractivity contribution in [1.82, 2.24) is 14.9 Å². The molecule has 0 aliphatic carbocycles.